The summed E-state index contributed by atoms with van der Waals surface area (Å²) in [5.74, 6) is 6.24. The van der Waals surface area contributed by atoms with Gasteiger partial charge in [0.1, 0.15) is 19.0 Å². The van der Waals surface area contributed by atoms with E-state index in [4.69, 9.17) is 21.7 Å². The van der Waals surface area contributed by atoms with Crippen LogP contribution in [0.15, 0.2) is 108 Å². The summed E-state index contributed by atoms with van der Waals surface area (Å²) < 4.78 is 12.0. The third-order valence-corrected chi connectivity index (χ3v) is 14.5. The Balaban J connectivity index is 0.772. The van der Waals surface area contributed by atoms with Crippen LogP contribution in [0.25, 0.3) is 11.1 Å². The number of thiocarbonyl (C=S) groups is 1. The van der Waals surface area contributed by atoms with Gasteiger partial charge in [-0.25, -0.2) is 4.79 Å². The van der Waals surface area contributed by atoms with E-state index in [-0.39, 0.29) is 29.0 Å². The highest BCUT2D eigenvalue weighted by molar-refractivity contribution is 7.80. The van der Waals surface area contributed by atoms with Crippen LogP contribution < -0.4 is 20.7 Å². The fourth-order valence-electron chi connectivity index (χ4n) is 11.9. The fraction of sp³-hybridized carbons (Fsp3) is 0.356. The molecule has 0 heterocycles. The Morgan fingerprint density at radius 3 is 2.25 bits per heavy atom. The van der Waals surface area contributed by atoms with Crippen molar-refractivity contribution < 1.29 is 19.1 Å². The van der Waals surface area contributed by atoms with Gasteiger partial charge >= 0.3 is 6.09 Å². The molecule has 0 radical (unpaired) electrons. The molecule has 8 heteroatoms. The molecule has 4 aromatic carbocycles. The van der Waals surface area contributed by atoms with Crippen molar-refractivity contribution in [2.24, 2.45) is 46.8 Å². The normalized spacial score (nSPS) is 29.8. The number of hydrogen-bond donors (Lipinski definition) is 3. The van der Waals surface area contributed by atoms with E-state index in [2.05, 4.69) is 40.2 Å². The number of allylic oxidation sites excluding steroid dienone is 1. The smallest absolute Gasteiger partial charge is 0.413 e. The van der Waals surface area contributed by atoms with Crippen molar-refractivity contribution in [1.82, 2.24) is 10.6 Å². The molecule has 8 unspecified atom stereocenters. The molecule has 4 saturated carbocycles. The molecule has 7 nitrogen and oxygen atoms in total. The third kappa shape index (κ3) is 4.48. The summed E-state index contributed by atoms with van der Waals surface area (Å²) >= 11 is 5.56. The van der Waals surface area contributed by atoms with E-state index in [1.165, 1.54) is 36.8 Å². The fourth-order valence-corrected chi connectivity index (χ4v) is 12.1. The van der Waals surface area contributed by atoms with E-state index in [0.717, 1.165) is 64.7 Å². The summed E-state index contributed by atoms with van der Waals surface area (Å²) in [7, 11) is 0. The average Bonchev–Trinajstić information content (AvgIpc) is 3.47. The molecule has 4 aromatic rings. The Hall–Kier alpha value is -4.95. The number of benzene rings is 4. The first-order valence-corrected chi connectivity index (χ1v) is 19.7. The lowest BCUT2D eigenvalue weighted by molar-refractivity contribution is -0.310. The molecule has 2 amide bonds. The molecule has 266 valence electrons. The molecule has 53 heavy (non-hydrogen) atoms. The number of alkyl carbamates (subject to hydrolysis) is 1. The number of carbonyl (C=O) groups excluding carboxylic acids is 2. The third-order valence-electron chi connectivity index (χ3n) is 14.3. The van der Waals surface area contributed by atoms with Gasteiger partial charge in [0.2, 0.25) is 0 Å². The molecular weight excluding hydrogens is 679 g/mol. The highest BCUT2D eigenvalue weighted by Gasteiger charge is 2.84. The number of carbonyl (C=O) groups is 2. The summed E-state index contributed by atoms with van der Waals surface area (Å²) in [6, 6.07) is 31.7. The Bertz CT molecular complexity index is 2210. The van der Waals surface area contributed by atoms with Gasteiger partial charge in [0.15, 0.2) is 5.11 Å². The minimum Gasteiger partial charge on any atom is -0.487 e. The molecule has 3 N–H and O–H groups in total. The average molecular weight is 720 g/mol. The second-order valence-corrected chi connectivity index (χ2v) is 16.7. The van der Waals surface area contributed by atoms with Gasteiger partial charge in [0.25, 0.3) is 5.91 Å². The van der Waals surface area contributed by atoms with Crippen LogP contribution in [0.5, 0.6) is 5.75 Å². The van der Waals surface area contributed by atoms with Crippen LogP contribution in [-0.2, 0) is 11.3 Å². The van der Waals surface area contributed by atoms with Crippen molar-refractivity contribution in [3.63, 3.8) is 0 Å². The Morgan fingerprint density at radius 2 is 1.53 bits per heavy atom. The molecule has 7 aliphatic rings. The maximum absolute atomic E-state index is 13.8. The van der Waals surface area contributed by atoms with E-state index < -0.39 is 6.09 Å². The maximum atomic E-state index is 13.8. The number of ether oxygens (including phenoxy) is 2. The van der Waals surface area contributed by atoms with Gasteiger partial charge in [0.05, 0.1) is 5.69 Å². The van der Waals surface area contributed by atoms with Gasteiger partial charge in [-0.3, -0.25) is 10.1 Å². The number of nitrogens with one attached hydrogen (secondary N) is 3. The van der Waals surface area contributed by atoms with E-state index in [9.17, 15) is 9.59 Å². The lowest BCUT2D eigenvalue weighted by Crippen LogP contribution is -2.84. The lowest BCUT2D eigenvalue weighted by Gasteiger charge is -2.87. The summed E-state index contributed by atoms with van der Waals surface area (Å²) in [5.41, 5.74) is 10.5. The van der Waals surface area contributed by atoms with Crippen LogP contribution in [0.2, 0.25) is 0 Å². The van der Waals surface area contributed by atoms with Crippen LogP contribution in [0.4, 0.5) is 10.5 Å². The van der Waals surface area contributed by atoms with E-state index in [1.807, 2.05) is 60.2 Å². The monoisotopic (exact) mass is 719 g/mol. The van der Waals surface area contributed by atoms with E-state index >= 15 is 0 Å². The zero-order chi connectivity index (χ0) is 35.4. The van der Waals surface area contributed by atoms with Crippen molar-refractivity contribution in [3.8, 4) is 16.9 Å². The van der Waals surface area contributed by atoms with Crippen LogP contribution in [-0.4, -0.2) is 30.3 Å². The molecule has 7 aliphatic carbocycles. The molecule has 0 aromatic heterocycles. The first-order valence-electron chi connectivity index (χ1n) is 19.3. The number of fused-ring (bicyclic) bond motifs is 15. The van der Waals surface area contributed by atoms with Crippen molar-refractivity contribution in [2.75, 3.05) is 18.5 Å². The highest BCUT2D eigenvalue weighted by atomic mass is 32.1. The molecule has 4 fully saturated rings. The molecule has 0 spiro atoms. The second-order valence-electron chi connectivity index (χ2n) is 16.3. The number of rotatable bonds is 9. The zero-order valence-corrected chi connectivity index (χ0v) is 30.2. The molecule has 11 rings (SSSR count). The van der Waals surface area contributed by atoms with Gasteiger partial charge in [-0.15, -0.1) is 0 Å². The largest absolute Gasteiger partial charge is 0.487 e. The number of hydrogen-bond acceptors (Lipinski definition) is 5. The standard InChI is InChI=1S/C45H41N3O4S/c49-42(46-23-45-39-32-17-15-30(32)37(39)41(45)38-31-16-18-33(31)40(38)45)25-14-19-35(36(20-25)51-21-24-8-2-1-3-9-24)47-43(53)48-44(50)52-22-34-28-12-6-4-10-26(28)27-11-5-7-13-29(27)34/h1-14,19-20,30-34,37,39,41H,15-18,21-23H2,(H,46,49)(H2,47,48,50,53). The van der Waals surface area contributed by atoms with E-state index in [0.29, 0.717) is 23.6 Å². The van der Waals surface area contributed by atoms with E-state index in [1.54, 1.807) is 23.8 Å². The van der Waals surface area contributed by atoms with Crippen molar-refractivity contribution in [2.45, 2.75) is 38.2 Å². The van der Waals surface area contributed by atoms with Gasteiger partial charge in [0, 0.05) is 23.4 Å². The molecule has 0 bridgehead atoms. The Morgan fingerprint density at radius 1 is 0.811 bits per heavy atom. The van der Waals surface area contributed by atoms with Crippen molar-refractivity contribution >= 4 is 35.0 Å². The predicted octanol–water partition coefficient (Wildman–Crippen LogP) is 8.47. The zero-order valence-electron chi connectivity index (χ0n) is 29.3. The summed E-state index contributed by atoms with van der Waals surface area (Å²) in [4.78, 5) is 26.8. The van der Waals surface area contributed by atoms with Crippen LogP contribution in [0.3, 0.4) is 0 Å². The van der Waals surface area contributed by atoms with Crippen molar-refractivity contribution in [3.05, 3.63) is 130 Å². The second kappa shape index (κ2) is 11.8. The minimum atomic E-state index is -0.642. The summed E-state index contributed by atoms with van der Waals surface area (Å²) in [6.45, 7) is 1.24. The van der Waals surface area contributed by atoms with Crippen LogP contribution in [0, 0.1) is 46.8 Å². The first kappa shape index (κ1) is 31.6. The lowest BCUT2D eigenvalue weighted by atomic mass is 9.16. The van der Waals surface area contributed by atoms with Crippen LogP contribution >= 0.6 is 12.2 Å². The summed E-state index contributed by atoms with van der Waals surface area (Å²) in [5, 5.41) is 9.26. The Kier molecular flexibility index (Phi) is 7.01. The Labute approximate surface area is 314 Å². The topological polar surface area (TPSA) is 88.7 Å². The van der Waals surface area contributed by atoms with Crippen molar-refractivity contribution in [1.29, 1.82) is 0 Å². The minimum absolute atomic E-state index is 0.0571. The summed E-state index contributed by atoms with van der Waals surface area (Å²) in [6.07, 6.45) is 4.87. The number of anilines is 1. The molecular formula is C45H41N3O4S. The van der Waals surface area contributed by atoms with Gasteiger partial charge in [-0.05, 0) is 125 Å². The van der Waals surface area contributed by atoms with Gasteiger partial charge in [-0.2, -0.15) is 0 Å². The quantitative estimate of drug-likeness (QED) is 0.0915. The van der Waals surface area contributed by atoms with Gasteiger partial charge in [-0.1, -0.05) is 90.0 Å². The molecule has 0 saturated heterocycles. The highest BCUT2D eigenvalue weighted by Crippen LogP contribution is 2.89. The maximum Gasteiger partial charge on any atom is 0.413 e. The number of amides is 2. The predicted molar refractivity (Wildman–Crippen MR) is 206 cm³/mol. The molecule has 8 atom stereocenters. The molecule has 0 aliphatic heterocycles. The van der Waals surface area contributed by atoms with Crippen LogP contribution in [0.1, 0.15) is 58.6 Å². The van der Waals surface area contributed by atoms with Gasteiger partial charge < -0.3 is 20.1 Å². The first-order chi connectivity index (χ1) is 26.0. The SMILES string of the molecule is O=C(NC(=S)Nc1ccc(C(=O)NCC23C4=C(C5CCC45)C2C2C4CCC4C23)cc1OCc1ccccc1)OCC1c2ccccc2-c2ccccc21.